The second-order valence-electron chi connectivity index (χ2n) is 5.19. The largest absolute Gasteiger partial charge is 0.481 e. The third-order valence-electron chi connectivity index (χ3n) is 2.62. The molecule has 3 N–H and O–H groups in total. The smallest absolute Gasteiger partial charge is 0.315 e. The number of nitrogens with one attached hydrogen (secondary N) is 2. The van der Waals surface area contributed by atoms with Gasteiger partial charge in [0.05, 0.1) is 11.3 Å². The number of carbonyl (C=O) groups is 2. The minimum Gasteiger partial charge on any atom is -0.481 e. The molecule has 0 radical (unpaired) electrons. The van der Waals surface area contributed by atoms with Gasteiger partial charge in [0, 0.05) is 24.2 Å². The number of carboxylic acids is 1. The molecule has 0 heterocycles. The number of aliphatic carboxylic acids is 1. The van der Waals surface area contributed by atoms with Crippen LogP contribution >= 0.6 is 0 Å². The number of carbonyl (C=O) groups excluding carboxylic acids is 1. The second kappa shape index (κ2) is 6.69. The molecule has 0 unspecified atom stereocenters. The molecular formula is C13H17N3O5. The number of benzene rings is 1. The second-order valence-corrected chi connectivity index (χ2v) is 5.19. The number of amides is 2. The summed E-state index contributed by atoms with van der Waals surface area (Å²) < 4.78 is 0. The molecule has 2 amide bonds. The van der Waals surface area contributed by atoms with E-state index >= 15 is 0 Å². The highest BCUT2D eigenvalue weighted by atomic mass is 16.6. The highest BCUT2D eigenvalue weighted by Gasteiger charge is 2.23. The number of hydrogen-bond acceptors (Lipinski definition) is 4. The SMILES string of the molecule is CC(C)(CC(=O)O)NC(=O)NCc1cccc([N+](=O)[O-])c1. The normalized spacial score (nSPS) is 10.8. The van der Waals surface area contributed by atoms with Crippen LogP contribution in [0.2, 0.25) is 0 Å². The molecule has 0 aliphatic heterocycles. The number of rotatable bonds is 6. The predicted molar refractivity (Wildman–Crippen MR) is 74.8 cm³/mol. The number of hydrogen-bond donors (Lipinski definition) is 3. The van der Waals surface area contributed by atoms with Crippen molar-refractivity contribution >= 4 is 17.7 Å². The molecule has 1 aromatic carbocycles. The zero-order chi connectivity index (χ0) is 16.0. The van der Waals surface area contributed by atoms with E-state index in [9.17, 15) is 19.7 Å². The summed E-state index contributed by atoms with van der Waals surface area (Å²) >= 11 is 0. The van der Waals surface area contributed by atoms with E-state index in [4.69, 9.17) is 5.11 Å². The van der Waals surface area contributed by atoms with Gasteiger partial charge in [-0.2, -0.15) is 0 Å². The molecule has 8 heteroatoms. The number of nitro groups is 1. The molecule has 0 bridgehead atoms. The van der Waals surface area contributed by atoms with Gasteiger partial charge < -0.3 is 15.7 Å². The molecule has 0 saturated carbocycles. The zero-order valence-electron chi connectivity index (χ0n) is 11.8. The number of non-ortho nitro benzene ring substituents is 1. The standard InChI is InChI=1S/C13H17N3O5/c1-13(2,7-11(17)18)15-12(19)14-8-9-4-3-5-10(6-9)16(20)21/h3-6H,7-8H2,1-2H3,(H,17,18)(H2,14,15,19). The van der Waals surface area contributed by atoms with Crippen molar-refractivity contribution in [1.29, 1.82) is 0 Å². The molecule has 0 saturated heterocycles. The first-order valence-electron chi connectivity index (χ1n) is 6.21. The Balaban J connectivity index is 2.55. The molecule has 0 aliphatic rings. The predicted octanol–water partition coefficient (Wildman–Crippen LogP) is 1.65. The van der Waals surface area contributed by atoms with Crippen molar-refractivity contribution in [3.63, 3.8) is 0 Å². The van der Waals surface area contributed by atoms with Gasteiger partial charge in [0.1, 0.15) is 0 Å². The van der Waals surface area contributed by atoms with Gasteiger partial charge in [-0.15, -0.1) is 0 Å². The summed E-state index contributed by atoms with van der Waals surface area (Å²) in [6, 6.07) is 5.37. The molecule has 21 heavy (non-hydrogen) atoms. The first-order valence-corrected chi connectivity index (χ1v) is 6.21. The van der Waals surface area contributed by atoms with E-state index in [1.54, 1.807) is 19.9 Å². The molecule has 0 atom stereocenters. The van der Waals surface area contributed by atoms with E-state index in [2.05, 4.69) is 10.6 Å². The van der Waals surface area contributed by atoms with Gasteiger partial charge in [-0.25, -0.2) is 4.79 Å². The van der Waals surface area contributed by atoms with Crippen LogP contribution in [-0.4, -0.2) is 27.6 Å². The number of nitro benzene ring substituents is 1. The van der Waals surface area contributed by atoms with Crippen molar-refractivity contribution in [2.75, 3.05) is 0 Å². The Morgan fingerprint density at radius 3 is 2.62 bits per heavy atom. The maximum atomic E-state index is 11.7. The lowest BCUT2D eigenvalue weighted by molar-refractivity contribution is -0.384. The topological polar surface area (TPSA) is 122 Å². The van der Waals surface area contributed by atoms with Crippen LogP contribution in [0.3, 0.4) is 0 Å². The van der Waals surface area contributed by atoms with E-state index in [1.807, 2.05) is 0 Å². The summed E-state index contributed by atoms with van der Waals surface area (Å²) in [6.45, 7) is 3.29. The van der Waals surface area contributed by atoms with Crippen LogP contribution in [0.25, 0.3) is 0 Å². The Hall–Kier alpha value is -2.64. The van der Waals surface area contributed by atoms with Crippen LogP contribution in [0.1, 0.15) is 25.8 Å². The molecule has 0 aromatic heterocycles. The summed E-state index contributed by atoms with van der Waals surface area (Å²) in [4.78, 5) is 32.4. The lowest BCUT2D eigenvalue weighted by atomic mass is 10.0. The molecule has 1 rings (SSSR count). The Kier molecular flexibility index (Phi) is 5.23. The van der Waals surface area contributed by atoms with Gasteiger partial charge in [0.2, 0.25) is 0 Å². The van der Waals surface area contributed by atoms with Gasteiger partial charge in [-0.05, 0) is 19.4 Å². The molecular weight excluding hydrogens is 278 g/mol. The fourth-order valence-corrected chi connectivity index (χ4v) is 1.74. The van der Waals surface area contributed by atoms with Crippen molar-refractivity contribution in [2.45, 2.75) is 32.4 Å². The van der Waals surface area contributed by atoms with Crippen molar-refractivity contribution < 1.29 is 19.6 Å². The Labute approximate surface area is 121 Å². The molecule has 1 aromatic rings. The molecule has 8 nitrogen and oxygen atoms in total. The number of nitrogens with zero attached hydrogens (tertiary/aromatic N) is 1. The van der Waals surface area contributed by atoms with E-state index in [1.165, 1.54) is 18.2 Å². The van der Waals surface area contributed by atoms with E-state index in [0.29, 0.717) is 5.56 Å². The summed E-state index contributed by atoms with van der Waals surface area (Å²) in [5.74, 6) is -1.01. The van der Waals surface area contributed by atoms with Crippen LogP contribution in [0, 0.1) is 10.1 Å². The third kappa shape index (κ3) is 5.89. The summed E-state index contributed by atoms with van der Waals surface area (Å²) in [6.07, 6.45) is -0.211. The highest BCUT2D eigenvalue weighted by molar-refractivity contribution is 5.76. The molecule has 0 spiro atoms. The van der Waals surface area contributed by atoms with Gasteiger partial charge in [-0.1, -0.05) is 12.1 Å². The minimum atomic E-state index is -1.01. The van der Waals surface area contributed by atoms with E-state index in [0.717, 1.165) is 0 Å². The van der Waals surface area contributed by atoms with Crippen LogP contribution in [-0.2, 0) is 11.3 Å². The summed E-state index contributed by atoms with van der Waals surface area (Å²) in [5.41, 5.74) is -0.366. The number of carboxylic acid groups (broad SMARTS) is 1. The van der Waals surface area contributed by atoms with E-state index < -0.39 is 22.5 Å². The van der Waals surface area contributed by atoms with Crippen molar-refractivity contribution in [1.82, 2.24) is 10.6 Å². The van der Waals surface area contributed by atoms with E-state index in [-0.39, 0.29) is 18.7 Å². The Morgan fingerprint density at radius 1 is 1.38 bits per heavy atom. The summed E-state index contributed by atoms with van der Waals surface area (Å²) in [7, 11) is 0. The Morgan fingerprint density at radius 2 is 2.05 bits per heavy atom. The Bertz CT molecular complexity index is 556. The minimum absolute atomic E-state index is 0.0547. The summed E-state index contributed by atoms with van der Waals surface area (Å²) in [5, 5.41) is 24.4. The molecule has 114 valence electrons. The average Bonchev–Trinajstić information content (AvgIpc) is 2.34. The lowest BCUT2D eigenvalue weighted by Gasteiger charge is -2.24. The zero-order valence-corrected chi connectivity index (χ0v) is 11.8. The van der Waals surface area contributed by atoms with Gasteiger partial charge >= 0.3 is 12.0 Å². The van der Waals surface area contributed by atoms with Gasteiger partial charge in [-0.3, -0.25) is 14.9 Å². The van der Waals surface area contributed by atoms with Crippen molar-refractivity contribution in [3.05, 3.63) is 39.9 Å². The maximum Gasteiger partial charge on any atom is 0.315 e. The fourth-order valence-electron chi connectivity index (χ4n) is 1.74. The third-order valence-corrected chi connectivity index (χ3v) is 2.62. The van der Waals surface area contributed by atoms with Crippen molar-refractivity contribution in [3.8, 4) is 0 Å². The van der Waals surface area contributed by atoms with Crippen LogP contribution in [0.15, 0.2) is 24.3 Å². The maximum absolute atomic E-state index is 11.7. The molecule has 0 aliphatic carbocycles. The fraction of sp³-hybridized carbons (Fsp3) is 0.385. The quantitative estimate of drug-likeness (QED) is 0.544. The average molecular weight is 295 g/mol. The van der Waals surface area contributed by atoms with Gasteiger partial charge in [0.15, 0.2) is 0 Å². The first-order chi connectivity index (χ1) is 9.69. The first kappa shape index (κ1) is 16.4. The monoisotopic (exact) mass is 295 g/mol. The highest BCUT2D eigenvalue weighted by Crippen LogP contribution is 2.13. The number of urea groups is 1. The van der Waals surface area contributed by atoms with Crippen LogP contribution < -0.4 is 10.6 Å². The van der Waals surface area contributed by atoms with Crippen molar-refractivity contribution in [2.24, 2.45) is 0 Å². The van der Waals surface area contributed by atoms with Crippen LogP contribution in [0.5, 0.6) is 0 Å². The lowest BCUT2D eigenvalue weighted by Crippen LogP contribution is -2.49. The van der Waals surface area contributed by atoms with Crippen LogP contribution in [0.4, 0.5) is 10.5 Å². The molecule has 0 fully saturated rings. The van der Waals surface area contributed by atoms with Gasteiger partial charge in [0.25, 0.3) is 5.69 Å².